The van der Waals surface area contributed by atoms with Gasteiger partial charge in [-0.2, -0.15) is 0 Å². The van der Waals surface area contributed by atoms with E-state index in [4.69, 9.17) is 15.2 Å². The summed E-state index contributed by atoms with van der Waals surface area (Å²) in [5, 5.41) is 0. The standard InChI is InChI=1S/C13H19NO2/c1-15-12-5-4-10(6-7-14)8-13(12)16-9-11-2-3-11/h4-5,8,11H,2-3,6-7,9,14H2,1H3. The molecule has 0 atom stereocenters. The molecule has 1 aromatic carbocycles. The van der Waals surface area contributed by atoms with Crippen LogP contribution >= 0.6 is 0 Å². The molecule has 1 fully saturated rings. The van der Waals surface area contributed by atoms with E-state index >= 15 is 0 Å². The van der Waals surface area contributed by atoms with Crippen molar-refractivity contribution in [1.82, 2.24) is 0 Å². The third kappa shape index (κ3) is 2.89. The first-order valence-corrected chi connectivity index (χ1v) is 5.83. The van der Waals surface area contributed by atoms with Crippen molar-refractivity contribution in [3.8, 4) is 11.5 Å². The summed E-state index contributed by atoms with van der Waals surface area (Å²) in [4.78, 5) is 0. The lowest BCUT2D eigenvalue weighted by Crippen LogP contribution is -2.05. The molecule has 0 aromatic heterocycles. The van der Waals surface area contributed by atoms with E-state index in [1.165, 1.54) is 18.4 Å². The molecule has 0 heterocycles. The lowest BCUT2D eigenvalue weighted by atomic mass is 10.1. The Morgan fingerprint density at radius 1 is 1.31 bits per heavy atom. The molecule has 0 amide bonds. The molecule has 3 nitrogen and oxygen atoms in total. The fourth-order valence-corrected chi connectivity index (χ4v) is 1.65. The zero-order valence-electron chi connectivity index (χ0n) is 9.74. The van der Waals surface area contributed by atoms with E-state index in [0.29, 0.717) is 6.54 Å². The molecular formula is C13H19NO2. The molecule has 1 saturated carbocycles. The average Bonchev–Trinajstić information content (AvgIpc) is 3.11. The maximum atomic E-state index is 5.77. The summed E-state index contributed by atoms with van der Waals surface area (Å²) < 4.78 is 11.0. The second-order valence-electron chi connectivity index (χ2n) is 4.28. The van der Waals surface area contributed by atoms with Crippen molar-refractivity contribution in [2.45, 2.75) is 19.3 Å². The number of ether oxygens (including phenoxy) is 2. The number of nitrogens with two attached hydrogens (primary N) is 1. The summed E-state index contributed by atoms with van der Waals surface area (Å²) >= 11 is 0. The molecule has 2 N–H and O–H groups in total. The molecule has 1 aliphatic carbocycles. The van der Waals surface area contributed by atoms with Crippen LogP contribution in [0, 0.1) is 5.92 Å². The van der Waals surface area contributed by atoms with Crippen LogP contribution in [-0.2, 0) is 6.42 Å². The van der Waals surface area contributed by atoms with Crippen LogP contribution in [0.5, 0.6) is 11.5 Å². The first kappa shape index (κ1) is 11.3. The second kappa shape index (κ2) is 5.21. The van der Waals surface area contributed by atoms with Gasteiger partial charge in [-0.15, -0.1) is 0 Å². The topological polar surface area (TPSA) is 44.5 Å². The van der Waals surface area contributed by atoms with Gasteiger partial charge in [0.1, 0.15) is 0 Å². The van der Waals surface area contributed by atoms with E-state index in [-0.39, 0.29) is 0 Å². The monoisotopic (exact) mass is 221 g/mol. The minimum absolute atomic E-state index is 0.661. The summed E-state index contributed by atoms with van der Waals surface area (Å²) in [6, 6.07) is 6.02. The van der Waals surface area contributed by atoms with Gasteiger partial charge in [0.15, 0.2) is 11.5 Å². The van der Waals surface area contributed by atoms with Crippen molar-refractivity contribution < 1.29 is 9.47 Å². The Kier molecular flexibility index (Phi) is 3.67. The molecule has 0 spiro atoms. The van der Waals surface area contributed by atoms with Gasteiger partial charge in [0.2, 0.25) is 0 Å². The van der Waals surface area contributed by atoms with E-state index in [1.54, 1.807) is 7.11 Å². The first-order chi connectivity index (χ1) is 7.83. The summed E-state index contributed by atoms with van der Waals surface area (Å²) in [5.74, 6) is 2.41. The molecule has 1 aliphatic rings. The molecular weight excluding hydrogens is 202 g/mol. The average molecular weight is 221 g/mol. The zero-order chi connectivity index (χ0) is 11.4. The van der Waals surface area contributed by atoms with E-state index in [0.717, 1.165) is 30.4 Å². The van der Waals surface area contributed by atoms with E-state index in [9.17, 15) is 0 Å². The van der Waals surface area contributed by atoms with Crippen molar-refractivity contribution in [2.75, 3.05) is 20.3 Å². The second-order valence-corrected chi connectivity index (χ2v) is 4.28. The van der Waals surface area contributed by atoms with Crippen molar-refractivity contribution in [3.63, 3.8) is 0 Å². The summed E-state index contributed by atoms with van der Waals surface area (Å²) in [5.41, 5.74) is 6.74. The van der Waals surface area contributed by atoms with Crippen LogP contribution in [0.3, 0.4) is 0 Å². The Hall–Kier alpha value is -1.22. The van der Waals surface area contributed by atoms with Gasteiger partial charge in [-0.3, -0.25) is 0 Å². The van der Waals surface area contributed by atoms with Gasteiger partial charge in [-0.05, 0) is 49.4 Å². The van der Waals surface area contributed by atoms with E-state index in [2.05, 4.69) is 0 Å². The summed E-state index contributed by atoms with van der Waals surface area (Å²) in [7, 11) is 1.67. The number of rotatable bonds is 6. The van der Waals surface area contributed by atoms with Crippen LogP contribution in [0.25, 0.3) is 0 Å². The van der Waals surface area contributed by atoms with Crippen LogP contribution in [-0.4, -0.2) is 20.3 Å². The fraction of sp³-hybridized carbons (Fsp3) is 0.538. The van der Waals surface area contributed by atoms with Gasteiger partial charge in [0, 0.05) is 0 Å². The smallest absolute Gasteiger partial charge is 0.161 e. The highest BCUT2D eigenvalue weighted by atomic mass is 16.5. The van der Waals surface area contributed by atoms with Crippen LogP contribution in [0.2, 0.25) is 0 Å². The Morgan fingerprint density at radius 3 is 2.75 bits per heavy atom. The number of methoxy groups -OCH3 is 1. The van der Waals surface area contributed by atoms with Crippen molar-refractivity contribution in [3.05, 3.63) is 23.8 Å². The van der Waals surface area contributed by atoms with Crippen LogP contribution in [0.15, 0.2) is 18.2 Å². The van der Waals surface area contributed by atoms with Gasteiger partial charge < -0.3 is 15.2 Å². The number of hydrogen-bond donors (Lipinski definition) is 1. The van der Waals surface area contributed by atoms with Gasteiger partial charge >= 0.3 is 0 Å². The van der Waals surface area contributed by atoms with Gasteiger partial charge in [-0.25, -0.2) is 0 Å². The highest BCUT2D eigenvalue weighted by Gasteiger charge is 2.22. The SMILES string of the molecule is COc1ccc(CCN)cc1OCC1CC1. The first-order valence-electron chi connectivity index (χ1n) is 5.83. The summed E-state index contributed by atoms with van der Waals surface area (Å²) in [6.07, 6.45) is 3.47. The molecule has 16 heavy (non-hydrogen) atoms. The van der Waals surface area contributed by atoms with Crippen molar-refractivity contribution >= 4 is 0 Å². The van der Waals surface area contributed by atoms with Crippen LogP contribution in [0.4, 0.5) is 0 Å². The minimum atomic E-state index is 0.661. The lowest BCUT2D eigenvalue weighted by Gasteiger charge is -2.11. The molecule has 2 rings (SSSR count). The van der Waals surface area contributed by atoms with Gasteiger partial charge in [0.25, 0.3) is 0 Å². The largest absolute Gasteiger partial charge is 0.493 e. The van der Waals surface area contributed by atoms with Crippen LogP contribution < -0.4 is 15.2 Å². The Balaban J connectivity index is 2.06. The van der Waals surface area contributed by atoms with Gasteiger partial charge in [-0.1, -0.05) is 6.07 Å². The van der Waals surface area contributed by atoms with Crippen molar-refractivity contribution in [1.29, 1.82) is 0 Å². The molecule has 0 aliphatic heterocycles. The molecule has 0 saturated heterocycles. The molecule has 3 heteroatoms. The maximum Gasteiger partial charge on any atom is 0.161 e. The molecule has 1 aromatic rings. The minimum Gasteiger partial charge on any atom is -0.493 e. The Labute approximate surface area is 96.5 Å². The third-order valence-corrected chi connectivity index (χ3v) is 2.83. The fourth-order valence-electron chi connectivity index (χ4n) is 1.65. The molecule has 0 radical (unpaired) electrons. The lowest BCUT2D eigenvalue weighted by molar-refractivity contribution is 0.280. The molecule has 88 valence electrons. The third-order valence-electron chi connectivity index (χ3n) is 2.83. The van der Waals surface area contributed by atoms with E-state index < -0.39 is 0 Å². The number of benzene rings is 1. The van der Waals surface area contributed by atoms with Crippen molar-refractivity contribution in [2.24, 2.45) is 11.7 Å². The predicted octanol–water partition coefficient (Wildman–Crippen LogP) is 1.99. The van der Waals surface area contributed by atoms with E-state index in [1.807, 2.05) is 18.2 Å². The highest BCUT2D eigenvalue weighted by Crippen LogP contribution is 2.33. The zero-order valence-corrected chi connectivity index (χ0v) is 9.74. The van der Waals surface area contributed by atoms with Crippen LogP contribution in [0.1, 0.15) is 18.4 Å². The molecule has 0 unspecified atom stereocenters. The molecule has 0 bridgehead atoms. The number of hydrogen-bond acceptors (Lipinski definition) is 3. The highest BCUT2D eigenvalue weighted by molar-refractivity contribution is 5.43. The Bertz CT molecular complexity index is 348. The quantitative estimate of drug-likeness (QED) is 0.799. The van der Waals surface area contributed by atoms with Gasteiger partial charge in [0.05, 0.1) is 13.7 Å². The summed E-state index contributed by atoms with van der Waals surface area (Å²) in [6.45, 7) is 1.47. The normalized spacial score (nSPS) is 14.9. The Morgan fingerprint density at radius 2 is 2.12 bits per heavy atom. The maximum absolute atomic E-state index is 5.77. The predicted molar refractivity (Wildman–Crippen MR) is 64.0 cm³/mol.